The van der Waals surface area contributed by atoms with Crippen LogP contribution in [-0.2, 0) is 11.3 Å². The second kappa shape index (κ2) is 11.4. The largest absolute Gasteiger partial charge is 0.364 e. The smallest absolute Gasteiger partial charge is 0.271 e. The van der Waals surface area contributed by atoms with E-state index in [-0.39, 0.29) is 29.8 Å². The molecule has 2 aliphatic heterocycles. The van der Waals surface area contributed by atoms with E-state index >= 15 is 0 Å². The molecule has 1 atom stereocenters. The molecule has 2 fully saturated rings. The minimum atomic E-state index is -0.0917. The monoisotopic (exact) mass is 645 g/mol. The summed E-state index contributed by atoms with van der Waals surface area (Å²) < 4.78 is 3.98. The van der Waals surface area contributed by atoms with E-state index < -0.39 is 0 Å². The van der Waals surface area contributed by atoms with Gasteiger partial charge < -0.3 is 20.4 Å². The zero-order valence-electron chi connectivity index (χ0n) is 27.8. The summed E-state index contributed by atoms with van der Waals surface area (Å²) in [4.78, 5) is 40.4. The van der Waals surface area contributed by atoms with Gasteiger partial charge in [0.2, 0.25) is 5.91 Å². The number of fused-ring (bicyclic) bond motifs is 4. The van der Waals surface area contributed by atoms with Gasteiger partial charge in [0, 0.05) is 70.0 Å². The molecule has 13 nitrogen and oxygen atoms in total. The number of nitrogens with zero attached hydrogens (tertiary/aromatic N) is 9. The highest BCUT2D eigenvalue weighted by atomic mass is 16.2. The Balaban J connectivity index is 1.05. The van der Waals surface area contributed by atoms with Gasteiger partial charge in [-0.25, -0.2) is 9.97 Å². The number of hydrogen-bond donors (Lipinski definition) is 2. The molecule has 5 aromatic rings. The summed E-state index contributed by atoms with van der Waals surface area (Å²) in [5, 5.41) is 16.2. The van der Waals surface area contributed by atoms with Crippen molar-refractivity contribution in [3.05, 3.63) is 77.5 Å². The minimum Gasteiger partial charge on any atom is -0.364 e. The lowest BCUT2D eigenvalue weighted by molar-refractivity contribution is -0.117. The maximum atomic E-state index is 12.6. The van der Waals surface area contributed by atoms with E-state index in [1.807, 2.05) is 37.4 Å². The Labute approximate surface area is 278 Å². The molecule has 48 heavy (non-hydrogen) atoms. The van der Waals surface area contributed by atoms with Crippen LogP contribution in [0.5, 0.6) is 0 Å². The number of hydrogen-bond acceptors (Lipinski definition) is 9. The molecule has 1 aliphatic carbocycles. The van der Waals surface area contributed by atoms with Gasteiger partial charge in [0.1, 0.15) is 17.3 Å². The Bertz CT molecular complexity index is 2070. The fourth-order valence-corrected chi connectivity index (χ4v) is 6.83. The molecule has 6 heterocycles. The summed E-state index contributed by atoms with van der Waals surface area (Å²) in [6.07, 6.45) is 3.85. The van der Waals surface area contributed by atoms with Crippen molar-refractivity contribution in [3.63, 3.8) is 0 Å². The molecule has 0 radical (unpaired) electrons. The predicted octanol–water partition coefficient (Wildman–Crippen LogP) is 4.66. The number of carbonyl (C=O) groups excluding carboxylic acids is 2. The molecule has 1 unspecified atom stereocenters. The third-order valence-corrected chi connectivity index (χ3v) is 9.60. The molecule has 0 spiro atoms. The number of rotatable bonds is 8. The van der Waals surface area contributed by atoms with Gasteiger partial charge in [-0.15, -0.1) is 0 Å². The van der Waals surface area contributed by atoms with Crippen LogP contribution < -0.4 is 15.5 Å². The van der Waals surface area contributed by atoms with Crippen LogP contribution in [0, 0.1) is 12.8 Å². The molecule has 1 aromatic carbocycles. The number of nitrogens with one attached hydrogen (secondary N) is 2. The summed E-state index contributed by atoms with van der Waals surface area (Å²) in [5.74, 6) is 1.23. The normalized spacial score (nSPS) is 17.5. The quantitative estimate of drug-likeness (QED) is 0.248. The number of pyridine rings is 1. The van der Waals surface area contributed by atoms with Crippen molar-refractivity contribution in [2.24, 2.45) is 5.92 Å². The topological polar surface area (TPSA) is 129 Å². The highest BCUT2D eigenvalue weighted by molar-refractivity contribution is 5.95. The highest BCUT2D eigenvalue weighted by Gasteiger charge is 2.37. The zero-order valence-corrected chi connectivity index (χ0v) is 27.8. The van der Waals surface area contributed by atoms with Crippen LogP contribution in [0.1, 0.15) is 59.4 Å². The van der Waals surface area contributed by atoms with E-state index in [4.69, 9.17) is 5.10 Å². The van der Waals surface area contributed by atoms with Crippen LogP contribution in [-0.4, -0.2) is 85.2 Å². The summed E-state index contributed by atoms with van der Waals surface area (Å²) in [6.45, 7) is 6.55. The molecular formula is C35H39N11O2. The van der Waals surface area contributed by atoms with E-state index in [0.717, 1.165) is 65.6 Å². The van der Waals surface area contributed by atoms with Crippen molar-refractivity contribution >= 4 is 40.5 Å². The molecule has 2 amide bonds. The molecule has 1 saturated heterocycles. The van der Waals surface area contributed by atoms with Crippen molar-refractivity contribution < 1.29 is 9.59 Å². The van der Waals surface area contributed by atoms with E-state index in [1.54, 1.807) is 29.6 Å². The van der Waals surface area contributed by atoms with Gasteiger partial charge in [0.25, 0.3) is 5.91 Å². The van der Waals surface area contributed by atoms with E-state index in [2.05, 4.69) is 72.4 Å². The van der Waals surface area contributed by atoms with Crippen molar-refractivity contribution in [1.29, 1.82) is 0 Å². The lowest BCUT2D eigenvalue weighted by Crippen LogP contribution is -2.48. The molecule has 8 rings (SSSR count). The van der Waals surface area contributed by atoms with Crippen molar-refractivity contribution in [1.82, 2.24) is 39.2 Å². The Morgan fingerprint density at radius 3 is 2.58 bits per heavy atom. The van der Waals surface area contributed by atoms with Crippen LogP contribution >= 0.6 is 0 Å². The Hall–Kier alpha value is -5.30. The number of aryl methyl sites for hydroxylation is 1. The molecule has 3 aliphatic rings. The summed E-state index contributed by atoms with van der Waals surface area (Å²) >= 11 is 0. The third kappa shape index (κ3) is 5.23. The van der Waals surface area contributed by atoms with Crippen LogP contribution in [0.3, 0.4) is 0 Å². The summed E-state index contributed by atoms with van der Waals surface area (Å²) in [6, 6.07) is 16.0. The van der Waals surface area contributed by atoms with E-state index in [1.165, 1.54) is 5.69 Å². The average molecular weight is 646 g/mol. The lowest BCUT2D eigenvalue weighted by Gasteiger charge is -2.42. The van der Waals surface area contributed by atoms with Gasteiger partial charge in [0.05, 0.1) is 46.7 Å². The molecule has 246 valence electrons. The molecule has 4 aromatic heterocycles. The standard InChI is InChI=1S/C35H39N11O2/c1-20-14-30-39-29(40-34(47)22-12-13-22)15-31(46(30)41-20)38-27-10-7-9-25-26-16-36-45(32(26)21(2)43(5)33(25)27)24-18-44(19-24)17-23-8-6-11-28(37-23)35(48)42(3)4/h6-11,14-16,21-22,24,38H,12-13,17-19H2,1-5H3,(H,39,40,47). The van der Waals surface area contributed by atoms with Gasteiger partial charge in [-0.3, -0.25) is 19.2 Å². The summed E-state index contributed by atoms with van der Waals surface area (Å²) in [5.41, 5.74) is 8.29. The summed E-state index contributed by atoms with van der Waals surface area (Å²) in [7, 11) is 5.60. The number of anilines is 4. The second-order valence-corrected chi connectivity index (χ2v) is 13.4. The number of amides is 2. The second-order valence-electron chi connectivity index (χ2n) is 13.4. The molecule has 1 saturated carbocycles. The Kier molecular flexibility index (Phi) is 7.17. The maximum absolute atomic E-state index is 12.6. The van der Waals surface area contributed by atoms with Crippen molar-refractivity contribution in [2.75, 3.05) is 49.8 Å². The number of likely N-dealkylation sites (tertiary alicyclic amines) is 1. The zero-order chi connectivity index (χ0) is 33.3. The minimum absolute atomic E-state index is 0.0150. The van der Waals surface area contributed by atoms with Gasteiger partial charge in [-0.1, -0.05) is 18.2 Å². The SMILES string of the molecule is Cc1cc2nc(NC(=O)C3CC3)cc(Nc3cccc4c3N(C)C(C)c3c-4cnn3C3CN(Cc4cccc(C(=O)N(C)C)n4)C3)n2n1. The lowest BCUT2D eigenvalue weighted by atomic mass is 9.93. The van der Waals surface area contributed by atoms with Crippen LogP contribution in [0.4, 0.5) is 23.0 Å². The van der Waals surface area contributed by atoms with Crippen LogP contribution in [0.2, 0.25) is 0 Å². The number of aromatic nitrogens is 6. The van der Waals surface area contributed by atoms with Gasteiger partial charge >= 0.3 is 0 Å². The van der Waals surface area contributed by atoms with Crippen LogP contribution in [0.25, 0.3) is 16.8 Å². The first-order valence-electron chi connectivity index (χ1n) is 16.4. The van der Waals surface area contributed by atoms with Crippen molar-refractivity contribution in [2.45, 2.75) is 45.3 Å². The first-order valence-corrected chi connectivity index (χ1v) is 16.4. The Morgan fingerprint density at radius 2 is 1.81 bits per heavy atom. The Morgan fingerprint density at radius 1 is 1.02 bits per heavy atom. The maximum Gasteiger partial charge on any atom is 0.271 e. The van der Waals surface area contributed by atoms with E-state index in [9.17, 15) is 9.59 Å². The number of carbonyl (C=O) groups is 2. The molecule has 0 bridgehead atoms. The first kappa shape index (κ1) is 30.1. The molecule has 13 heteroatoms. The fraction of sp³-hybridized carbons (Fsp3) is 0.371. The van der Waals surface area contributed by atoms with Gasteiger partial charge in [0.15, 0.2) is 5.65 Å². The van der Waals surface area contributed by atoms with Gasteiger partial charge in [-0.05, 0) is 44.9 Å². The van der Waals surface area contributed by atoms with Crippen LogP contribution in [0.15, 0.2) is 54.7 Å². The first-order chi connectivity index (χ1) is 23.1. The predicted molar refractivity (Wildman–Crippen MR) is 183 cm³/mol. The van der Waals surface area contributed by atoms with Crippen molar-refractivity contribution in [3.8, 4) is 11.1 Å². The highest BCUT2D eigenvalue weighted by Crippen LogP contribution is 2.49. The average Bonchev–Trinajstić information content (AvgIpc) is 3.70. The number of benzene rings is 1. The fourth-order valence-electron chi connectivity index (χ4n) is 6.83. The third-order valence-electron chi connectivity index (χ3n) is 9.60. The van der Waals surface area contributed by atoms with E-state index in [0.29, 0.717) is 23.7 Å². The van der Waals surface area contributed by atoms with Gasteiger partial charge in [-0.2, -0.15) is 14.7 Å². The number of para-hydroxylation sites is 1. The molecular weight excluding hydrogens is 606 g/mol. The molecule has 2 N–H and O–H groups in total.